The quantitative estimate of drug-likeness (QED) is 0.882. The maximum absolute atomic E-state index is 12.1. The van der Waals surface area contributed by atoms with Crippen LogP contribution in [0.15, 0.2) is 30.3 Å². The van der Waals surface area contributed by atoms with Crippen molar-refractivity contribution in [2.24, 2.45) is 5.92 Å². The van der Waals surface area contributed by atoms with E-state index in [1.54, 1.807) is 0 Å². The second-order valence-corrected chi connectivity index (χ2v) is 6.30. The van der Waals surface area contributed by atoms with E-state index in [0.717, 1.165) is 45.7 Å². The highest BCUT2D eigenvalue weighted by molar-refractivity contribution is 5.82. The van der Waals surface area contributed by atoms with E-state index >= 15 is 0 Å². The minimum absolute atomic E-state index is 0.194. The van der Waals surface area contributed by atoms with E-state index in [4.69, 9.17) is 0 Å². The van der Waals surface area contributed by atoms with Gasteiger partial charge in [0.15, 0.2) is 0 Å². The summed E-state index contributed by atoms with van der Waals surface area (Å²) < 4.78 is 0. The third-order valence-electron chi connectivity index (χ3n) is 4.68. The lowest BCUT2D eigenvalue weighted by atomic mass is 10.1. The Balaban J connectivity index is 1.36. The van der Waals surface area contributed by atoms with Gasteiger partial charge in [-0.05, 0) is 24.9 Å². The second kappa shape index (κ2) is 6.58. The first-order valence-corrected chi connectivity index (χ1v) is 7.97. The van der Waals surface area contributed by atoms with Crippen LogP contribution in [0.3, 0.4) is 0 Å². The lowest BCUT2D eigenvalue weighted by molar-refractivity contribution is -0.122. The van der Waals surface area contributed by atoms with Crippen molar-refractivity contribution in [3.8, 4) is 0 Å². The Labute approximate surface area is 127 Å². The maximum atomic E-state index is 12.1. The Morgan fingerprint density at radius 2 is 1.90 bits per heavy atom. The first kappa shape index (κ1) is 14.5. The number of nitrogens with zero attached hydrogens (tertiary/aromatic N) is 2. The Kier molecular flexibility index (Phi) is 4.56. The average molecular weight is 287 g/mol. The van der Waals surface area contributed by atoms with Crippen LogP contribution in [0.25, 0.3) is 0 Å². The SMILES string of the molecule is CN1CCN(CCNC(=O)[C@@H]2C[C@H]2c2ccccc2)CC1. The van der Waals surface area contributed by atoms with Crippen LogP contribution in [0.2, 0.25) is 0 Å². The molecule has 1 N–H and O–H groups in total. The summed E-state index contributed by atoms with van der Waals surface area (Å²) in [5.41, 5.74) is 1.30. The molecule has 1 aromatic carbocycles. The summed E-state index contributed by atoms with van der Waals surface area (Å²) in [6, 6.07) is 10.4. The van der Waals surface area contributed by atoms with Crippen LogP contribution in [-0.2, 0) is 4.79 Å². The van der Waals surface area contributed by atoms with Crippen molar-refractivity contribution in [3.05, 3.63) is 35.9 Å². The molecule has 114 valence electrons. The molecule has 2 aliphatic rings. The summed E-state index contributed by atoms with van der Waals surface area (Å²) in [6.07, 6.45) is 1.00. The van der Waals surface area contributed by atoms with Crippen LogP contribution in [-0.4, -0.2) is 62.0 Å². The molecule has 2 fully saturated rings. The standard InChI is InChI=1S/C17H25N3O/c1-19-9-11-20(12-10-19)8-7-18-17(21)16-13-15(16)14-5-3-2-4-6-14/h2-6,15-16H,7-13H2,1H3,(H,18,21)/t15-,16+/m0/s1. The van der Waals surface area contributed by atoms with E-state index in [2.05, 4.69) is 46.4 Å². The van der Waals surface area contributed by atoms with E-state index in [1.165, 1.54) is 5.56 Å². The molecule has 0 unspecified atom stereocenters. The number of amides is 1. The van der Waals surface area contributed by atoms with Crippen LogP contribution in [0.4, 0.5) is 0 Å². The molecule has 1 aromatic rings. The minimum Gasteiger partial charge on any atom is -0.355 e. The third-order valence-corrected chi connectivity index (χ3v) is 4.68. The van der Waals surface area contributed by atoms with Crippen LogP contribution in [0.1, 0.15) is 17.9 Å². The largest absolute Gasteiger partial charge is 0.355 e. The van der Waals surface area contributed by atoms with E-state index < -0.39 is 0 Å². The van der Waals surface area contributed by atoms with Crippen molar-refractivity contribution in [2.45, 2.75) is 12.3 Å². The summed E-state index contributed by atoms with van der Waals surface area (Å²) in [6.45, 7) is 6.24. The van der Waals surface area contributed by atoms with Gasteiger partial charge in [0.2, 0.25) is 5.91 Å². The van der Waals surface area contributed by atoms with E-state index in [9.17, 15) is 4.79 Å². The number of piperazine rings is 1. The predicted molar refractivity (Wildman–Crippen MR) is 84.2 cm³/mol. The number of hydrogen-bond acceptors (Lipinski definition) is 3. The van der Waals surface area contributed by atoms with Crippen molar-refractivity contribution in [2.75, 3.05) is 46.3 Å². The van der Waals surface area contributed by atoms with Crippen molar-refractivity contribution >= 4 is 5.91 Å². The van der Waals surface area contributed by atoms with Crippen molar-refractivity contribution in [1.82, 2.24) is 15.1 Å². The zero-order chi connectivity index (χ0) is 14.7. The summed E-state index contributed by atoms with van der Waals surface area (Å²) in [4.78, 5) is 16.9. The monoisotopic (exact) mass is 287 g/mol. The lowest BCUT2D eigenvalue weighted by Gasteiger charge is -2.32. The fourth-order valence-electron chi connectivity index (χ4n) is 3.09. The molecule has 1 saturated carbocycles. The smallest absolute Gasteiger partial charge is 0.223 e. The Morgan fingerprint density at radius 1 is 1.19 bits per heavy atom. The van der Waals surface area contributed by atoms with Gasteiger partial charge in [0, 0.05) is 45.2 Å². The van der Waals surface area contributed by atoms with E-state index in [0.29, 0.717) is 5.92 Å². The van der Waals surface area contributed by atoms with E-state index in [-0.39, 0.29) is 11.8 Å². The summed E-state index contributed by atoms with van der Waals surface area (Å²) >= 11 is 0. The fraction of sp³-hybridized carbons (Fsp3) is 0.588. The number of carbonyl (C=O) groups excluding carboxylic acids is 1. The van der Waals surface area contributed by atoms with Gasteiger partial charge < -0.3 is 10.2 Å². The van der Waals surface area contributed by atoms with Gasteiger partial charge >= 0.3 is 0 Å². The van der Waals surface area contributed by atoms with E-state index in [1.807, 2.05) is 6.07 Å². The highest BCUT2D eigenvalue weighted by atomic mass is 16.2. The molecule has 4 nitrogen and oxygen atoms in total. The number of likely N-dealkylation sites (N-methyl/N-ethyl adjacent to an activating group) is 1. The first-order chi connectivity index (χ1) is 10.2. The highest BCUT2D eigenvalue weighted by Gasteiger charge is 2.43. The highest BCUT2D eigenvalue weighted by Crippen LogP contribution is 2.47. The van der Waals surface area contributed by atoms with Crippen molar-refractivity contribution in [1.29, 1.82) is 0 Å². The van der Waals surface area contributed by atoms with Gasteiger partial charge in [-0.15, -0.1) is 0 Å². The van der Waals surface area contributed by atoms with Crippen LogP contribution in [0, 0.1) is 5.92 Å². The summed E-state index contributed by atoms with van der Waals surface area (Å²) in [7, 11) is 2.16. The first-order valence-electron chi connectivity index (χ1n) is 7.97. The number of rotatable bonds is 5. The van der Waals surface area contributed by atoms with Gasteiger partial charge in [0.25, 0.3) is 0 Å². The molecule has 1 aliphatic heterocycles. The molecular formula is C17H25N3O. The predicted octanol–water partition coefficient (Wildman–Crippen LogP) is 1.15. The Morgan fingerprint density at radius 3 is 2.62 bits per heavy atom. The summed E-state index contributed by atoms with van der Waals surface area (Å²) in [5.74, 6) is 0.868. The molecule has 0 spiro atoms. The topological polar surface area (TPSA) is 35.6 Å². The third kappa shape index (κ3) is 3.83. The Bertz CT molecular complexity index is 468. The van der Waals surface area contributed by atoms with Gasteiger partial charge in [-0.2, -0.15) is 0 Å². The molecular weight excluding hydrogens is 262 g/mol. The van der Waals surface area contributed by atoms with Crippen molar-refractivity contribution < 1.29 is 4.79 Å². The Hall–Kier alpha value is -1.39. The number of nitrogens with one attached hydrogen (secondary N) is 1. The van der Waals surface area contributed by atoms with Gasteiger partial charge in [-0.3, -0.25) is 9.69 Å². The molecule has 0 radical (unpaired) electrons. The molecule has 2 atom stereocenters. The maximum Gasteiger partial charge on any atom is 0.223 e. The van der Waals surface area contributed by atoms with Gasteiger partial charge in [0.1, 0.15) is 0 Å². The number of carbonyl (C=O) groups is 1. The van der Waals surface area contributed by atoms with Crippen LogP contribution >= 0.6 is 0 Å². The second-order valence-electron chi connectivity index (χ2n) is 6.30. The molecule has 0 bridgehead atoms. The van der Waals surface area contributed by atoms with Gasteiger partial charge in [-0.25, -0.2) is 0 Å². The molecule has 21 heavy (non-hydrogen) atoms. The number of hydrogen-bond donors (Lipinski definition) is 1. The molecule has 1 amide bonds. The van der Waals surface area contributed by atoms with Crippen molar-refractivity contribution in [3.63, 3.8) is 0 Å². The molecule has 3 rings (SSSR count). The average Bonchev–Trinajstić information content (AvgIpc) is 3.31. The van der Waals surface area contributed by atoms with Gasteiger partial charge in [-0.1, -0.05) is 30.3 Å². The lowest BCUT2D eigenvalue weighted by Crippen LogP contribution is -2.47. The van der Waals surface area contributed by atoms with Gasteiger partial charge in [0.05, 0.1) is 0 Å². The molecule has 4 heteroatoms. The molecule has 1 heterocycles. The van der Waals surface area contributed by atoms with Crippen LogP contribution < -0.4 is 5.32 Å². The normalized spacial score (nSPS) is 26.5. The zero-order valence-corrected chi connectivity index (χ0v) is 12.8. The molecule has 1 aliphatic carbocycles. The summed E-state index contributed by atoms with van der Waals surface area (Å²) in [5, 5.41) is 3.11. The molecule has 1 saturated heterocycles. The van der Waals surface area contributed by atoms with Crippen LogP contribution in [0.5, 0.6) is 0 Å². The minimum atomic E-state index is 0.194. The number of benzene rings is 1. The molecule has 0 aromatic heterocycles. The zero-order valence-electron chi connectivity index (χ0n) is 12.8. The fourth-order valence-corrected chi connectivity index (χ4v) is 3.09.